The van der Waals surface area contributed by atoms with Crippen LogP contribution in [-0.4, -0.2) is 53.5 Å². The van der Waals surface area contributed by atoms with Gasteiger partial charge in [0.05, 0.1) is 13.7 Å². The summed E-state index contributed by atoms with van der Waals surface area (Å²) in [5.41, 5.74) is 1.12. The van der Waals surface area contributed by atoms with E-state index >= 15 is 0 Å². The number of hydrogen-bond donors (Lipinski definition) is 1. The third kappa shape index (κ3) is 3.49. The number of ether oxygens (including phenoxy) is 1. The average Bonchev–Trinajstić information content (AvgIpc) is 2.90. The van der Waals surface area contributed by atoms with Crippen LogP contribution in [0, 0.1) is 0 Å². The predicted molar refractivity (Wildman–Crippen MR) is 89.0 cm³/mol. The predicted octanol–water partition coefficient (Wildman–Crippen LogP) is 1.97. The van der Waals surface area contributed by atoms with Gasteiger partial charge in [0.25, 0.3) is 0 Å². The van der Waals surface area contributed by atoms with Crippen LogP contribution in [0.15, 0.2) is 24.3 Å². The number of rotatable bonds is 4. The highest BCUT2D eigenvalue weighted by Gasteiger charge is 2.33. The largest absolute Gasteiger partial charge is 0.497 e. The van der Waals surface area contributed by atoms with Gasteiger partial charge in [-0.1, -0.05) is 12.1 Å². The van der Waals surface area contributed by atoms with Crippen molar-refractivity contribution in [3.63, 3.8) is 0 Å². The molecule has 1 amide bonds. The Bertz CT molecular complexity index is 489. The van der Waals surface area contributed by atoms with Gasteiger partial charge in [0, 0.05) is 29.1 Å². The first-order chi connectivity index (χ1) is 10.3. The zero-order valence-electron chi connectivity index (χ0n) is 12.1. The van der Waals surface area contributed by atoms with Gasteiger partial charge in [-0.15, -0.1) is 0 Å². The molecule has 2 aliphatic rings. The fourth-order valence-corrected chi connectivity index (χ4v) is 5.36. The Morgan fingerprint density at radius 3 is 2.81 bits per heavy atom. The van der Waals surface area contributed by atoms with E-state index < -0.39 is 0 Å². The van der Waals surface area contributed by atoms with Gasteiger partial charge < -0.3 is 9.64 Å². The van der Waals surface area contributed by atoms with Gasteiger partial charge in [-0.05, 0) is 17.7 Å². The maximum atomic E-state index is 12.2. The van der Waals surface area contributed by atoms with Crippen molar-refractivity contribution in [1.82, 2.24) is 10.2 Å². The monoisotopic (exact) mass is 324 g/mol. The summed E-state index contributed by atoms with van der Waals surface area (Å²) in [5.74, 6) is 4.61. The third-order valence-electron chi connectivity index (χ3n) is 3.80. The Balaban J connectivity index is 1.71. The second-order valence-corrected chi connectivity index (χ2v) is 7.73. The number of carbonyl (C=O) groups is 1. The molecule has 114 valence electrons. The molecule has 21 heavy (non-hydrogen) atoms. The summed E-state index contributed by atoms with van der Waals surface area (Å²) in [6.07, 6.45) is -0.00377. The molecule has 0 spiro atoms. The highest BCUT2D eigenvalue weighted by atomic mass is 32.2. The van der Waals surface area contributed by atoms with Gasteiger partial charge in [0.1, 0.15) is 11.9 Å². The van der Waals surface area contributed by atoms with E-state index in [4.69, 9.17) is 4.74 Å². The summed E-state index contributed by atoms with van der Waals surface area (Å²) in [7, 11) is 1.66. The highest BCUT2D eigenvalue weighted by Crippen LogP contribution is 2.29. The molecule has 0 bridgehead atoms. The smallest absolute Gasteiger partial charge is 0.238 e. The van der Waals surface area contributed by atoms with Crippen LogP contribution in [0.2, 0.25) is 0 Å². The normalized spacial score (nSPS) is 26.1. The van der Waals surface area contributed by atoms with E-state index in [2.05, 4.69) is 5.32 Å². The molecule has 0 aliphatic carbocycles. The molecule has 1 aromatic carbocycles. The summed E-state index contributed by atoms with van der Waals surface area (Å²) >= 11 is 3.99. The first-order valence-electron chi connectivity index (χ1n) is 7.14. The van der Waals surface area contributed by atoms with E-state index in [1.54, 1.807) is 7.11 Å². The fourth-order valence-electron chi connectivity index (χ4n) is 2.69. The van der Waals surface area contributed by atoms with Gasteiger partial charge in [-0.3, -0.25) is 10.1 Å². The lowest BCUT2D eigenvalue weighted by Gasteiger charge is -2.30. The fraction of sp³-hybridized carbons (Fsp3) is 0.533. The van der Waals surface area contributed by atoms with Crippen molar-refractivity contribution in [3.8, 4) is 5.75 Å². The molecule has 2 heterocycles. The van der Waals surface area contributed by atoms with Gasteiger partial charge in [0.2, 0.25) is 5.91 Å². The summed E-state index contributed by atoms with van der Waals surface area (Å²) < 4.78 is 5.19. The zero-order chi connectivity index (χ0) is 14.7. The van der Waals surface area contributed by atoms with Gasteiger partial charge in [-0.2, -0.15) is 23.5 Å². The summed E-state index contributed by atoms with van der Waals surface area (Å²) in [5, 5.41) is 3.87. The Morgan fingerprint density at radius 1 is 1.33 bits per heavy atom. The maximum Gasteiger partial charge on any atom is 0.238 e. The number of benzene rings is 1. The van der Waals surface area contributed by atoms with Crippen LogP contribution in [0.1, 0.15) is 11.7 Å². The van der Waals surface area contributed by atoms with E-state index in [1.165, 1.54) is 11.5 Å². The molecule has 2 fully saturated rings. The number of hydrogen-bond acceptors (Lipinski definition) is 5. The molecule has 1 aromatic rings. The minimum atomic E-state index is -0.00377. The van der Waals surface area contributed by atoms with Crippen LogP contribution in [0.5, 0.6) is 5.75 Å². The summed E-state index contributed by atoms with van der Waals surface area (Å²) in [4.78, 5) is 14.2. The lowest BCUT2D eigenvalue weighted by molar-refractivity contribution is -0.128. The van der Waals surface area contributed by atoms with E-state index in [1.807, 2.05) is 52.7 Å². The standard InChI is InChI=1S/C15H20N2O2S2/c1-19-12-4-2-11(3-5-12)15-16-8-14(18)17(15)9-13-10-20-6-7-21-13/h2-5,13,15-16H,6-10H2,1H3. The molecule has 2 unspecified atom stereocenters. The SMILES string of the molecule is COc1ccc(C2NCC(=O)N2CC2CSCCS2)cc1. The zero-order valence-corrected chi connectivity index (χ0v) is 13.7. The van der Waals surface area contributed by atoms with Crippen molar-refractivity contribution in [2.75, 3.05) is 37.5 Å². The molecule has 4 nitrogen and oxygen atoms in total. The van der Waals surface area contributed by atoms with E-state index in [0.29, 0.717) is 11.8 Å². The average molecular weight is 324 g/mol. The highest BCUT2D eigenvalue weighted by molar-refractivity contribution is 8.06. The Kier molecular flexibility index (Phi) is 4.98. The van der Waals surface area contributed by atoms with Gasteiger partial charge in [-0.25, -0.2) is 0 Å². The van der Waals surface area contributed by atoms with Crippen molar-refractivity contribution in [3.05, 3.63) is 29.8 Å². The molecule has 2 aliphatic heterocycles. The van der Waals surface area contributed by atoms with Crippen LogP contribution < -0.4 is 10.1 Å². The Labute approximate surface area is 134 Å². The van der Waals surface area contributed by atoms with Crippen molar-refractivity contribution >= 4 is 29.4 Å². The molecule has 0 radical (unpaired) electrons. The Morgan fingerprint density at radius 2 is 2.14 bits per heavy atom. The first-order valence-corrected chi connectivity index (χ1v) is 9.34. The second kappa shape index (κ2) is 6.94. The van der Waals surface area contributed by atoms with E-state index in [9.17, 15) is 4.79 Å². The number of methoxy groups -OCH3 is 1. The van der Waals surface area contributed by atoms with Crippen LogP contribution in [0.25, 0.3) is 0 Å². The van der Waals surface area contributed by atoms with Crippen LogP contribution in [-0.2, 0) is 4.79 Å². The minimum absolute atomic E-state index is 0.00377. The molecule has 1 N–H and O–H groups in total. The molecule has 6 heteroatoms. The van der Waals surface area contributed by atoms with Crippen LogP contribution in [0.4, 0.5) is 0 Å². The summed E-state index contributed by atoms with van der Waals surface area (Å²) in [6, 6.07) is 7.96. The lowest BCUT2D eigenvalue weighted by atomic mass is 10.1. The molecular formula is C15H20N2O2S2. The van der Waals surface area contributed by atoms with Gasteiger partial charge in [0.15, 0.2) is 0 Å². The van der Waals surface area contributed by atoms with E-state index in [0.717, 1.165) is 23.6 Å². The minimum Gasteiger partial charge on any atom is -0.497 e. The second-order valence-electron chi connectivity index (χ2n) is 5.17. The first kappa shape index (κ1) is 15.1. The van der Waals surface area contributed by atoms with Crippen molar-refractivity contribution in [2.45, 2.75) is 11.4 Å². The molecule has 3 rings (SSSR count). The van der Waals surface area contributed by atoms with Crippen molar-refractivity contribution < 1.29 is 9.53 Å². The van der Waals surface area contributed by atoms with Crippen molar-refractivity contribution in [2.24, 2.45) is 0 Å². The maximum absolute atomic E-state index is 12.2. The molecule has 0 saturated carbocycles. The summed E-state index contributed by atoms with van der Waals surface area (Å²) in [6.45, 7) is 1.27. The number of nitrogens with one attached hydrogen (secondary N) is 1. The number of nitrogens with zero attached hydrogens (tertiary/aromatic N) is 1. The molecule has 2 atom stereocenters. The topological polar surface area (TPSA) is 41.6 Å². The molecule has 0 aromatic heterocycles. The van der Waals surface area contributed by atoms with Crippen LogP contribution >= 0.6 is 23.5 Å². The number of thioether (sulfide) groups is 2. The van der Waals surface area contributed by atoms with Crippen LogP contribution in [0.3, 0.4) is 0 Å². The Hall–Kier alpha value is -0.850. The lowest BCUT2D eigenvalue weighted by Crippen LogP contribution is -2.37. The quantitative estimate of drug-likeness (QED) is 0.917. The molecular weight excluding hydrogens is 304 g/mol. The number of carbonyl (C=O) groups excluding carboxylic acids is 1. The van der Waals surface area contributed by atoms with Gasteiger partial charge >= 0.3 is 0 Å². The van der Waals surface area contributed by atoms with Crippen molar-refractivity contribution in [1.29, 1.82) is 0 Å². The molecule has 2 saturated heterocycles. The van der Waals surface area contributed by atoms with E-state index in [-0.39, 0.29) is 12.1 Å². The third-order valence-corrected chi connectivity index (χ3v) is 6.62. The number of amides is 1.